The molecule has 0 atom stereocenters. The van der Waals surface area contributed by atoms with Crippen molar-refractivity contribution in [3.05, 3.63) is 54.6 Å². The smallest absolute Gasteiger partial charge is 0.227 e. The maximum atomic E-state index is 12.5. The molecule has 0 radical (unpaired) electrons. The molecule has 2 aromatic rings. The molecule has 1 aliphatic rings. The van der Waals surface area contributed by atoms with E-state index >= 15 is 0 Å². The Morgan fingerprint density at radius 3 is 1.46 bits per heavy atom. The minimum absolute atomic E-state index is 0.0193. The third-order valence-electron chi connectivity index (χ3n) is 4.98. The summed E-state index contributed by atoms with van der Waals surface area (Å²) in [6.45, 7) is 1.45. The number of benzene rings is 2. The molecule has 2 aromatic carbocycles. The zero-order valence-electron chi connectivity index (χ0n) is 15.9. The monoisotopic (exact) mass is 379 g/mol. The van der Waals surface area contributed by atoms with Crippen LogP contribution in [0.5, 0.6) is 0 Å². The number of rotatable bonds is 5. The molecule has 0 aromatic heterocycles. The molecule has 3 amide bonds. The quantitative estimate of drug-likeness (QED) is 0.733. The van der Waals surface area contributed by atoms with Crippen molar-refractivity contribution in [2.24, 2.45) is 11.8 Å². The maximum absolute atomic E-state index is 12.5. The highest BCUT2D eigenvalue weighted by molar-refractivity contribution is 5.95. The van der Waals surface area contributed by atoms with Crippen molar-refractivity contribution in [2.75, 3.05) is 16.0 Å². The van der Waals surface area contributed by atoms with Crippen LogP contribution in [0.25, 0.3) is 0 Å². The van der Waals surface area contributed by atoms with Crippen molar-refractivity contribution in [1.29, 1.82) is 0 Å². The van der Waals surface area contributed by atoms with Crippen molar-refractivity contribution in [1.82, 2.24) is 0 Å². The number of carbonyl (C=O) groups is 3. The van der Waals surface area contributed by atoms with E-state index in [-0.39, 0.29) is 29.6 Å². The van der Waals surface area contributed by atoms with Crippen LogP contribution in [0.3, 0.4) is 0 Å². The second-order valence-corrected chi connectivity index (χ2v) is 7.15. The largest absolute Gasteiger partial charge is 0.326 e. The third-order valence-corrected chi connectivity index (χ3v) is 4.98. The molecule has 0 spiro atoms. The molecule has 6 heteroatoms. The Kier molecular flexibility index (Phi) is 6.42. The summed E-state index contributed by atoms with van der Waals surface area (Å²) in [5.41, 5.74) is 2.19. The Balaban J connectivity index is 1.47. The van der Waals surface area contributed by atoms with Crippen molar-refractivity contribution < 1.29 is 14.4 Å². The van der Waals surface area contributed by atoms with Crippen LogP contribution >= 0.6 is 0 Å². The molecule has 28 heavy (non-hydrogen) atoms. The molecule has 0 unspecified atom stereocenters. The first-order valence-electron chi connectivity index (χ1n) is 9.55. The van der Waals surface area contributed by atoms with Gasteiger partial charge >= 0.3 is 0 Å². The van der Waals surface area contributed by atoms with E-state index in [9.17, 15) is 14.4 Å². The van der Waals surface area contributed by atoms with E-state index in [1.165, 1.54) is 6.92 Å². The Hall–Kier alpha value is -3.15. The molecule has 3 rings (SSSR count). The number of nitrogens with one attached hydrogen (secondary N) is 3. The molecule has 0 bridgehead atoms. The number of para-hydroxylation sites is 1. The lowest BCUT2D eigenvalue weighted by atomic mass is 9.81. The van der Waals surface area contributed by atoms with Gasteiger partial charge in [0.1, 0.15) is 0 Å². The first-order chi connectivity index (χ1) is 13.5. The van der Waals surface area contributed by atoms with Gasteiger partial charge in [-0.3, -0.25) is 14.4 Å². The molecule has 1 aliphatic carbocycles. The fraction of sp³-hybridized carbons (Fsp3) is 0.318. The van der Waals surface area contributed by atoms with Crippen molar-refractivity contribution in [3.8, 4) is 0 Å². The van der Waals surface area contributed by atoms with E-state index in [0.717, 1.165) is 5.69 Å². The molecule has 146 valence electrons. The van der Waals surface area contributed by atoms with Crippen LogP contribution in [0.15, 0.2) is 54.6 Å². The predicted octanol–water partition coefficient (Wildman–Crippen LogP) is 4.03. The molecule has 0 saturated heterocycles. The summed E-state index contributed by atoms with van der Waals surface area (Å²) < 4.78 is 0. The molecular formula is C22H25N3O3. The fourth-order valence-corrected chi connectivity index (χ4v) is 3.47. The standard InChI is InChI=1S/C22H25N3O3/c1-15(26)23-19-11-13-20(14-12-19)25-22(28)17-9-7-16(8-10-17)21(27)24-18-5-3-2-4-6-18/h2-6,11-14,16-17H,7-10H2,1H3,(H,23,26)(H,24,27)(H,25,28). The second-order valence-electron chi connectivity index (χ2n) is 7.15. The Morgan fingerprint density at radius 1 is 0.643 bits per heavy atom. The molecule has 1 saturated carbocycles. The van der Waals surface area contributed by atoms with Gasteiger partial charge in [-0.25, -0.2) is 0 Å². The van der Waals surface area contributed by atoms with Crippen LogP contribution in [0.1, 0.15) is 32.6 Å². The van der Waals surface area contributed by atoms with Crippen LogP contribution in [0, 0.1) is 11.8 Å². The molecule has 3 N–H and O–H groups in total. The predicted molar refractivity (Wildman–Crippen MR) is 110 cm³/mol. The van der Waals surface area contributed by atoms with E-state index in [1.54, 1.807) is 24.3 Å². The van der Waals surface area contributed by atoms with Crippen molar-refractivity contribution in [3.63, 3.8) is 0 Å². The van der Waals surface area contributed by atoms with Gasteiger partial charge in [0.2, 0.25) is 17.7 Å². The normalized spacial score (nSPS) is 18.8. The summed E-state index contributed by atoms with van der Waals surface area (Å²) in [7, 11) is 0. The van der Waals surface area contributed by atoms with Gasteiger partial charge in [0.15, 0.2) is 0 Å². The van der Waals surface area contributed by atoms with Gasteiger partial charge in [0, 0.05) is 35.8 Å². The van der Waals surface area contributed by atoms with Gasteiger partial charge in [0.25, 0.3) is 0 Å². The molecule has 0 aliphatic heterocycles. The Bertz CT molecular complexity index is 826. The number of anilines is 3. The van der Waals surface area contributed by atoms with Crippen LogP contribution in [-0.2, 0) is 14.4 Å². The summed E-state index contributed by atoms with van der Waals surface area (Å²) in [6.07, 6.45) is 2.81. The van der Waals surface area contributed by atoms with Crippen molar-refractivity contribution >= 4 is 34.8 Å². The van der Waals surface area contributed by atoms with Crippen LogP contribution in [0.2, 0.25) is 0 Å². The zero-order valence-corrected chi connectivity index (χ0v) is 15.9. The highest BCUT2D eigenvalue weighted by Crippen LogP contribution is 2.30. The van der Waals surface area contributed by atoms with Gasteiger partial charge in [-0.2, -0.15) is 0 Å². The van der Waals surface area contributed by atoms with Gasteiger partial charge in [0.05, 0.1) is 0 Å². The minimum atomic E-state index is -0.134. The van der Waals surface area contributed by atoms with Gasteiger partial charge in [-0.15, -0.1) is 0 Å². The minimum Gasteiger partial charge on any atom is -0.326 e. The first kappa shape index (κ1) is 19.6. The Morgan fingerprint density at radius 2 is 1.04 bits per heavy atom. The lowest BCUT2D eigenvalue weighted by Gasteiger charge is -2.27. The topological polar surface area (TPSA) is 87.3 Å². The number of hydrogen-bond donors (Lipinski definition) is 3. The molecular weight excluding hydrogens is 354 g/mol. The highest BCUT2D eigenvalue weighted by atomic mass is 16.2. The maximum Gasteiger partial charge on any atom is 0.227 e. The van der Waals surface area contributed by atoms with Crippen LogP contribution in [-0.4, -0.2) is 17.7 Å². The second kappa shape index (κ2) is 9.17. The van der Waals surface area contributed by atoms with Gasteiger partial charge in [-0.1, -0.05) is 18.2 Å². The van der Waals surface area contributed by atoms with E-state index in [2.05, 4.69) is 16.0 Å². The lowest BCUT2D eigenvalue weighted by Crippen LogP contribution is -2.32. The number of hydrogen-bond acceptors (Lipinski definition) is 3. The van der Waals surface area contributed by atoms with E-state index in [4.69, 9.17) is 0 Å². The zero-order chi connectivity index (χ0) is 19.9. The number of amides is 3. The van der Waals surface area contributed by atoms with E-state index in [1.807, 2.05) is 30.3 Å². The average Bonchev–Trinajstić information content (AvgIpc) is 2.70. The number of carbonyl (C=O) groups excluding carboxylic acids is 3. The van der Waals surface area contributed by atoms with E-state index in [0.29, 0.717) is 37.1 Å². The van der Waals surface area contributed by atoms with Gasteiger partial charge in [-0.05, 0) is 62.1 Å². The first-order valence-corrected chi connectivity index (χ1v) is 9.55. The summed E-state index contributed by atoms with van der Waals surface area (Å²) in [4.78, 5) is 36.0. The average molecular weight is 379 g/mol. The fourth-order valence-electron chi connectivity index (χ4n) is 3.47. The Labute approximate surface area is 164 Å². The summed E-state index contributed by atoms with van der Waals surface area (Å²) in [6, 6.07) is 16.5. The molecule has 0 heterocycles. The van der Waals surface area contributed by atoms with E-state index < -0.39 is 0 Å². The summed E-state index contributed by atoms with van der Waals surface area (Å²) >= 11 is 0. The van der Waals surface area contributed by atoms with Crippen LogP contribution < -0.4 is 16.0 Å². The summed E-state index contributed by atoms with van der Waals surface area (Å²) in [5, 5.41) is 8.56. The van der Waals surface area contributed by atoms with Crippen LogP contribution in [0.4, 0.5) is 17.1 Å². The molecule has 6 nitrogen and oxygen atoms in total. The van der Waals surface area contributed by atoms with Crippen molar-refractivity contribution in [2.45, 2.75) is 32.6 Å². The highest BCUT2D eigenvalue weighted by Gasteiger charge is 2.30. The SMILES string of the molecule is CC(=O)Nc1ccc(NC(=O)C2CCC(C(=O)Nc3ccccc3)CC2)cc1. The van der Waals surface area contributed by atoms with Gasteiger partial charge < -0.3 is 16.0 Å². The third kappa shape index (κ3) is 5.42. The molecule has 1 fully saturated rings. The summed E-state index contributed by atoms with van der Waals surface area (Å²) in [5.74, 6) is -0.269. The lowest BCUT2D eigenvalue weighted by molar-refractivity contribution is -0.125.